The number of nitrogens with one attached hydrogen (secondary N) is 1. The maximum atomic E-state index is 14.1. The Morgan fingerprint density at radius 1 is 0.771 bits per heavy atom. The highest BCUT2D eigenvalue weighted by molar-refractivity contribution is 8.01. The molecule has 6 aromatic rings. The average Bonchev–Trinajstić information content (AvgIpc) is 3.45. The van der Waals surface area contributed by atoms with Crippen molar-refractivity contribution in [2.75, 3.05) is 11.1 Å². The minimum atomic E-state index is -0.753. The lowest BCUT2D eigenvalue weighted by atomic mass is 9.63. The molecule has 1 aliphatic carbocycles. The number of benzene rings is 6. The fourth-order valence-corrected chi connectivity index (χ4v) is 13.3. The highest BCUT2D eigenvalue weighted by Crippen LogP contribution is 2.52. The Morgan fingerprint density at radius 2 is 1.36 bits per heavy atom. The van der Waals surface area contributed by atoms with Crippen LogP contribution in [0.15, 0.2) is 143 Å². The van der Waals surface area contributed by atoms with E-state index in [0.717, 1.165) is 65.6 Å². The van der Waals surface area contributed by atoms with Gasteiger partial charge in [0.2, 0.25) is 0 Å². The lowest BCUT2D eigenvalue weighted by molar-refractivity contribution is -0.191. The van der Waals surface area contributed by atoms with Gasteiger partial charge >= 0.3 is 6.15 Å². The molecular weight excluding hydrogens is 1090 g/mol. The van der Waals surface area contributed by atoms with Crippen molar-refractivity contribution >= 4 is 58.4 Å². The number of allylic oxidation sites excluding steroid dienone is 3. The molecule has 0 atom stereocenters. The van der Waals surface area contributed by atoms with E-state index < -0.39 is 17.5 Å². The number of hydrogen-bond acceptors (Lipinski definition) is 6. The number of thioether (sulfide) groups is 2. The topological polar surface area (TPSA) is 83.5 Å². The van der Waals surface area contributed by atoms with E-state index in [1.165, 1.54) is 67.8 Å². The molecule has 440 valence electrons. The number of anilines is 1. The number of amides is 1. The number of fused-ring (bicyclic) bond motifs is 3. The maximum absolute atomic E-state index is 14.1. The number of hydrogen-bond donors (Lipinski definition) is 2. The molecule has 0 unspecified atom stereocenters. The van der Waals surface area contributed by atoms with Crippen LogP contribution in [0.4, 0.5) is 14.5 Å². The second-order valence-electron chi connectivity index (χ2n) is 24.6. The molecule has 2 aliphatic heterocycles. The van der Waals surface area contributed by atoms with Crippen molar-refractivity contribution in [2.45, 2.75) is 180 Å². The summed E-state index contributed by atoms with van der Waals surface area (Å²) in [5.41, 5.74) is 14.2. The summed E-state index contributed by atoms with van der Waals surface area (Å²) in [6.07, 6.45) is 12.2. The zero-order valence-corrected chi connectivity index (χ0v) is 52.0. The number of phenolic OH excluding ortho intramolecular Hbond substituents is 1. The van der Waals surface area contributed by atoms with Gasteiger partial charge in [0.05, 0.1) is 16.3 Å². The second-order valence-corrected chi connectivity index (χ2v) is 27.8. The molecule has 5 nitrogen and oxygen atoms in total. The number of rotatable bonds is 8. The predicted octanol–water partition coefficient (Wildman–Crippen LogP) is 20.5. The first-order chi connectivity index (χ1) is 37.9. The summed E-state index contributed by atoms with van der Waals surface area (Å²) >= 11 is 10.4. The Kier molecular flexibility index (Phi) is 23.7. The summed E-state index contributed by atoms with van der Waals surface area (Å²) in [5, 5.41) is 13.1. The van der Waals surface area contributed by atoms with Crippen molar-refractivity contribution in [3.8, 4) is 17.6 Å². The van der Waals surface area contributed by atoms with Gasteiger partial charge in [-0.05, 0) is 193 Å². The van der Waals surface area contributed by atoms with Crippen LogP contribution in [0.5, 0.6) is 5.75 Å². The van der Waals surface area contributed by atoms with Crippen LogP contribution >= 0.6 is 35.1 Å². The second kappa shape index (κ2) is 28.5. The van der Waals surface area contributed by atoms with Crippen LogP contribution in [0.1, 0.15) is 195 Å². The molecule has 3 aliphatic rings. The van der Waals surface area contributed by atoms with E-state index in [2.05, 4.69) is 210 Å². The van der Waals surface area contributed by atoms with Gasteiger partial charge in [-0.2, -0.15) is 9.59 Å². The summed E-state index contributed by atoms with van der Waals surface area (Å²) in [5.74, 6) is 5.42. The summed E-state index contributed by atoms with van der Waals surface area (Å²) in [6.45, 7) is 33.9. The first kappa shape index (κ1) is 69.1. The molecule has 0 radical (unpaired) electrons. The highest BCUT2D eigenvalue weighted by atomic mass is 35.5. The van der Waals surface area contributed by atoms with Crippen LogP contribution in [0.2, 0.25) is 5.02 Å². The van der Waals surface area contributed by atoms with Crippen molar-refractivity contribution in [1.82, 2.24) is 0 Å². The molecule has 9 rings (SSSR count). The Hall–Kier alpha value is -6.40. The number of carbonyl (C=O) groups excluding carboxylic acids is 3. The molecule has 2 N–H and O–H groups in total. The summed E-state index contributed by atoms with van der Waals surface area (Å²) < 4.78 is 28.0. The highest BCUT2D eigenvalue weighted by Gasteiger charge is 2.41. The quantitative estimate of drug-likeness (QED) is 0.117. The van der Waals surface area contributed by atoms with Crippen LogP contribution < -0.4 is 5.32 Å². The van der Waals surface area contributed by atoms with E-state index in [0.29, 0.717) is 5.41 Å². The Bertz CT molecular complexity index is 3480. The molecule has 83 heavy (non-hydrogen) atoms. The average molecular weight is 1180 g/mol. The van der Waals surface area contributed by atoms with Crippen LogP contribution in [-0.2, 0) is 37.7 Å². The minimum absolute atomic E-state index is 0. The molecule has 0 spiro atoms. The maximum Gasteiger partial charge on any atom is 0.373 e. The first-order valence-corrected chi connectivity index (χ1v) is 29.8. The summed E-state index contributed by atoms with van der Waals surface area (Å²) in [7, 11) is 0. The normalized spacial score (nSPS) is 15.4. The van der Waals surface area contributed by atoms with Gasteiger partial charge in [-0.1, -0.05) is 185 Å². The Labute approximate surface area is 509 Å². The van der Waals surface area contributed by atoms with E-state index >= 15 is 0 Å². The Balaban J connectivity index is 0.000000261. The van der Waals surface area contributed by atoms with Gasteiger partial charge in [0.1, 0.15) is 17.4 Å². The molecule has 10 heteroatoms. The van der Waals surface area contributed by atoms with Crippen molar-refractivity contribution in [2.24, 2.45) is 0 Å². The lowest BCUT2D eigenvalue weighted by Gasteiger charge is -2.42. The third-order valence-corrected chi connectivity index (χ3v) is 18.1. The van der Waals surface area contributed by atoms with Crippen LogP contribution in [-0.4, -0.2) is 27.7 Å². The zero-order valence-electron chi connectivity index (χ0n) is 49.6. The van der Waals surface area contributed by atoms with Crippen molar-refractivity contribution in [1.29, 1.82) is 0 Å². The molecule has 2 heterocycles. The zero-order chi connectivity index (χ0) is 59.8. The van der Waals surface area contributed by atoms with E-state index in [9.17, 15) is 18.7 Å². The third kappa shape index (κ3) is 17.4. The summed E-state index contributed by atoms with van der Waals surface area (Å²) in [4.78, 5) is 31.8. The van der Waals surface area contributed by atoms with Crippen LogP contribution in [0.3, 0.4) is 0 Å². The standard InChI is InChI=1S/C28H26S.C22H24ClF2NO2.C20H28S.CO2.2CH4/c1-5-21-12-15-24(16-13-21)26-19-28(3,4)29-27-17-14-23(18-25(26)27)11-10-22-8-6-20(2)7-9-22;1-11-8-15(25)16(10-14(11)24)26-20(28)12-9-13-17(18(23)19(12)27)22(4,5)7-6-21(13,2)3;1-15(2)8-7-11-19(3,4)16-9-10-18-17(14-16)20(5,6)12-13-21-18;2-1-3;;/h6-9,12-19H,5H2,1-4H3;8-10,27H,6-7H2,1-5H3,(H,26,28);7-10,14H,1,11-13H2,2-6H3;;2*1H4/b;;8-7+;;;. The SMILES string of the molecule is C.C.C=C(C)/C=C/CC(C)(C)c1ccc2c(c1)C(C)(C)CCS2.CCc1ccc(C2=CC(C)(C)Sc3ccc(C#Cc4ccc(C)cc4)cc32)cc1.Cc1cc(F)c(NC(=O)c2cc3c(c(Cl)c2O)C(C)(C)CCC3(C)C)cc1F.O=C=O. The van der Waals surface area contributed by atoms with E-state index in [1.54, 1.807) is 6.07 Å². The number of halogens is 3. The van der Waals surface area contributed by atoms with Gasteiger partial charge in [0, 0.05) is 31.7 Å². The monoisotopic (exact) mass is 1180 g/mol. The molecule has 1 amide bonds. The fourth-order valence-electron chi connectivity index (χ4n) is 10.2. The van der Waals surface area contributed by atoms with Gasteiger partial charge in [-0.25, -0.2) is 8.78 Å². The van der Waals surface area contributed by atoms with E-state index in [4.69, 9.17) is 21.2 Å². The molecular formula is C73H86ClF2NO4S2. The van der Waals surface area contributed by atoms with Crippen LogP contribution in [0.25, 0.3) is 5.57 Å². The van der Waals surface area contributed by atoms with Crippen molar-refractivity contribution in [3.05, 3.63) is 217 Å². The molecule has 0 saturated heterocycles. The van der Waals surface area contributed by atoms with Crippen LogP contribution in [0, 0.1) is 37.3 Å². The number of carbonyl (C=O) groups is 1. The lowest BCUT2D eigenvalue weighted by Crippen LogP contribution is -2.34. The van der Waals surface area contributed by atoms with Crippen molar-refractivity contribution < 1.29 is 28.3 Å². The minimum Gasteiger partial charge on any atom is -0.506 e. The van der Waals surface area contributed by atoms with Gasteiger partial charge < -0.3 is 10.4 Å². The molecule has 0 fully saturated rings. The van der Waals surface area contributed by atoms with Crippen molar-refractivity contribution in [3.63, 3.8) is 0 Å². The number of aryl methyl sites for hydroxylation is 3. The summed E-state index contributed by atoms with van der Waals surface area (Å²) in [6, 6.07) is 34.7. The smallest absolute Gasteiger partial charge is 0.373 e. The fraction of sp³-hybridized carbons (Fsp3) is 0.370. The molecule has 0 bridgehead atoms. The van der Waals surface area contributed by atoms with Gasteiger partial charge in [-0.3, -0.25) is 4.79 Å². The largest absolute Gasteiger partial charge is 0.506 e. The van der Waals surface area contributed by atoms with Gasteiger partial charge in [-0.15, -0.1) is 23.5 Å². The molecule has 0 aromatic heterocycles. The van der Waals surface area contributed by atoms with Gasteiger partial charge in [0.25, 0.3) is 5.91 Å². The Morgan fingerprint density at radius 3 is 1.99 bits per heavy atom. The molecule has 6 aromatic carbocycles. The number of aromatic hydroxyl groups is 1. The van der Waals surface area contributed by atoms with Gasteiger partial charge in [0.15, 0.2) is 0 Å². The van der Waals surface area contributed by atoms with E-state index in [1.807, 2.05) is 30.4 Å². The molecule has 0 saturated carbocycles. The first-order valence-electron chi connectivity index (χ1n) is 27.6. The number of phenols is 1. The van der Waals surface area contributed by atoms with E-state index in [-0.39, 0.29) is 69.6 Å². The third-order valence-electron chi connectivity index (χ3n) is 15.5. The predicted molar refractivity (Wildman–Crippen MR) is 349 cm³/mol.